The van der Waals surface area contributed by atoms with E-state index in [0.29, 0.717) is 0 Å². The van der Waals surface area contributed by atoms with Gasteiger partial charge in [-0.05, 0) is 6.42 Å². The van der Waals surface area contributed by atoms with Gasteiger partial charge in [0.05, 0.1) is 38.5 Å². The summed E-state index contributed by atoms with van der Waals surface area (Å²) in [6.45, 7) is -1.17. The van der Waals surface area contributed by atoms with Crippen LogP contribution in [0.15, 0.2) is 17.2 Å². The van der Waals surface area contributed by atoms with Crippen LogP contribution in [0, 0.1) is 11.6 Å². The van der Waals surface area contributed by atoms with Crippen molar-refractivity contribution in [1.82, 2.24) is 10.3 Å². The predicted octanol–water partition coefficient (Wildman–Crippen LogP) is 2.06. The molecular formula is C20H22F5N5O4. The fraction of sp³-hybridized carbons (Fsp3) is 0.500. The van der Waals surface area contributed by atoms with Crippen LogP contribution in [0.5, 0.6) is 0 Å². The lowest BCUT2D eigenvalue weighted by molar-refractivity contribution is -0.132. The summed E-state index contributed by atoms with van der Waals surface area (Å²) < 4.78 is 71.6. The first-order chi connectivity index (χ1) is 16.2. The number of ether oxygens (including phenoxy) is 1. The molecule has 0 radical (unpaired) electrons. The number of carbonyl (C=O) groups is 3. The van der Waals surface area contributed by atoms with Gasteiger partial charge in [0.25, 0.3) is 5.91 Å². The van der Waals surface area contributed by atoms with Crippen LogP contribution in [-0.4, -0.2) is 81.1 Å². The number of nitrogens with zero attached hydrogens (tertiary/aromatic N) is 4. The van der Waals surface area contributed by atoms with Crippen molar-refractivity contribution in [3.63, 3.8) is 0 Å². The lowest BCUT2D eigenvalue weighted by atomic mass is 10.2. The molecule has 34 heavy (non-hydrogen) atoms. The molecule has 0 saturated carbocycles. The van der Waals surface area contributed by atoms with Gasteiger partial charge in [-0.2, -0.15) is 13.9 Å². The normalized spacial score (nSPS) is 18.4. The second-order valence-electron chi connectivity index (χ2n) is 7.47. The van der Waals surface area contributed by atoms with E-state index in [1.807, 2.05) is 5.32 Å². The minimum absolute atomic E-state index is 0.00224. The van der Waals surface area contributed by atoms with Crippen LogP contribution in [-0.2, 0) is 14.3 Å². The molecule has 1 N–H and O–H groups in total. The van der Waals surface area contributed by atoms with Gasteiger partial charge in [-0.15, -0.1) is 0 Å². The second kappa shape index (κ2) is 11.1. The van der Waals surface area contributed by atoms with E-state index >= 15 is 0 Å². The average molecular weight is 491 g/mol. The third-order valence-corrected chi connectivity index (χ3v) is 5.12. The summed E-state index contributed by atoms with van der Waals surface area (Å²) in [5.74, 6) is -3.90. The Morgan fingerprint density at radius 3 is 2.56 bits per heavy atom. The van der Waals surface area contributed by atoms with E-state index in [0.717, 1.165) is 22.0 Å². The quantitative estimate of drug-likeness (QED) is 0.562. The molecule has 1 unspecified atom stereocenters. The van der Waals surface area contributed by atoms with E-state index in [9.17, 15) is 36.3 Å². The second-order valence-corrected chi connectivity index (χ2v) is 7.47. The number of hydrogen-bond donors (Lipinski definition) is 1. The Kier molecular flexibility index (Phi) is 8.23. The number of anilines is 2. The van der Waals surface area contributed by atoms with Gasteiger partial charge in [0.1, 0.15) is 11.8 Å². The van der Waals surface area contributed by atoms with Crippen LogP contribution in [0.1, 0.15) is 12.8 Å². The van der Waals surface area contributed by atoms with Gasteiger partial charge in [-0.1, -0.05) is 0 Å². The van der Waals surface area contributed by atoms with Gasteiger partial charge in [0, 0.05) is 31.3 Å². The molecule has 1 aromatic rings. The SMILES string of the molecule is O=C(NCC1CN(c2cc(F)c(N3CC=NN(C(=O)CCCF)CC3)c(F)c2)C(=O)O1)C(F)F. The zero-order chi connectivity index (χ0) is 24.8. The molecule has 3 rings (SSSR count). The average Bonchev–Trinajstić information content (AvgIpc) is 3.00. The highest BCUT2D eigenvalue weighted by Crippen LogP contribution is 2.31. The standard InChI is InChI=1S/C20H22F5N5O4/c21-3-1-2-16(31)30-7-6-28(5-4-27-30)17-14(22)8-12(9-15(17)23)29-11-13(34-20(29)33)10-26-19(32)18(24)25/h4,8-9,13,18H,1-3,5-7,10-11H2,(H,26,32). The predicted molar refractivity (Wildman–Crippen MR) is 111 cm³/mol. The molecule has 2 heterocycles. The van der Waals surface area contributed by atoms with Gasteiger partial charge < -0.3 is 15.0 Å². The molecule has 1 saturated heterocycles. The fourth-order valence-corrected chi connectivity index (χ4v) is 3.48. The first kappa shape index (κ1) is 25.2. The number of rotatable bonds is 8. The number of benzene rings is 1. The molecule has 9 nitrogen and oxygen atoms in total. The van der Waals surface area contributed by atoms with E-state index in [2.05, 4.69) is 5.10 Å². The smallest absolute Gasteiger partial charge is 0.414 e. The Hall–Kier alpha value is -3.45. The number of alkyl halides is 3. The Morgan fingerprint density at radius 1 is 1.21 bits per heavy atom. The molecule has 0 aromatic heterocycles. The van der Waals surface area contributed by atoms with Crippen LogP contribution >= 0.6 is 0 Å². The molecule has 0 spiro atoms. The lowest BCUT2D eigenvalue weighted by Gasteiger charge is -2.24. The minimum atomic E-state index is -3.23. The molecule has 2 aliphatic heterocycles. The lowest BCUT2D eigenvalue weighted by Crippen LogP contribution is -2.37. The van der Waals surface area contributed by atoms with Crippen LogP contribution < -0.4 is 15.1 Å². The van der Waals surface area contributed by atoms with E-state index in [1.165, 1.54) is 11.1 Å². The monoisotopic (exact) mass is 491 g/mol. The maximum atomic E-state index is 14.9. The first-order valence-corrected chi connectivity index (χ1v) is 10.4. The Bertz CT molecular complexity index is 940. The van der Waals surface area contributed by atoms with E-state index < -0.39 is 48.7 Å². The van der Waals surface area contributed by atoms with Crippen LogP contribution in [0.4, 0.5) is 38.1 Å². The molecular weight excluding hydrogens is 469 g/mol. The zero-order valence-electron chi connectivity index (χ0n) is 17.9. The largest absolute Gasteiger partial charge is 0.442 e. The number of amides is 3. The third-order valence-electron chi connectivity index (χ3n) is 5.12. The highest BCUT2D eigenvalue weighted by atomic mass is 19.3. The number of cyclic esters (lactones) is 1. The number of carbonyl (C=O) groups excluding carboxylic acids is 3. The maximum Gasteiger partial charge on any atom is 0.414 e. The number of hydrazone groups is 1. The van der Waals surface area contributed by atoms with Crippen molar-refractivity contribution in [1.29, 1.82) is 0 Å². The molecule has 3 amide bonds. The van der Waals surface area contributed by atoms with E-state index in [1.54, 1.807) is 0 Å². The summed E-state index contributed by atoms with van der Waals surface area (Å²) in [6.07, 6.45) is -3.84. The number of nitrogens with one attached hydrogen (secondary N) is 1. The molecule has 1 fully saturated rings. The van der Waals surface area contributed by atoms with Crippen molar-refractivity contribution < 1.29 is 41.1 Å². The first-order valence-electron chi connectivity index (χ1n) is 10.4. The Balaban J connectivity index is 1.67. The Labute approximate surface area is 191 Å². The highest BCUT2D eigenvalue weighted by molar-refractivity contribution is 5.90. The summed E-state index contributed by atoms with van der Waals surface area (Å²) >= 11 is 0. The summed E-state index contributed by atoms with van der Waals surface area (Å²) in [5, 5.41) is 6.99. The minimum Gasteiger partial charge on any atom is -0.442 e. The van der Waals surface area contributed by atoms with Crippen molar-refractivity contribution in [2.75, 3.05) is 49.2 Å². The van der Waals surface area contributed by atoms with Crippen molar-refractivity contribution in [2.45, 2.75) is 25.4 Å². The molecule has 0 bridgehead atoms. The molecule has 2 aliphatic rings. The topological polar surface area (TPSA) is 94.5 Å². The van der Waals surface area contributed by atoms with Gasteiger partial charge in [0.15, 0.2) is 11.6 Å². The fourth-order valence-electron chi connectivity index (χ4n) is 3.48. The highest BCUT2D eigenvalue weighted by Gasteiger charge is 2.34. The summed E-state index contributed by atoms with van der Waals surface area (Å²) in [6, 6.07) is 1.85. The number of hydrogen-bond acceptors (Lipinski definition) is 6. The van der Waals surface area contributed by atoms with E-state index in [-0.39, 0.29) is 56.9 Å². The zero-order valence-corrected chi connectivity index (χ0v) is 17.9. The van der Waals surface area contributed by atoms with Crippen LogP contribution in [0.25, 0.3) is 0 Å². The van der Waals surface area contributed by atoms with Crippen molar-refractivity contribution in [2.24, 2.45) is 5.10 Å². The summed E-state index contributed by atoms with van der Waals surface area (Å²) in [7, 11) is 0. The van der Waals surface area contributed by atoms with Crippen molar-refractivity contribution >= 4 is 35.5 Å². The van der Waals surface area contributed by atoms with Crippen LogP contribution in [0.2, 0.25) is 0 Å². The molecule has 1 atom stereocenters. The molecule has 186 valence electrons. The number of halogens is 5. The van der Waals surface area contributed by atoms with Crippen molar-refractivity contribution in [3.05, 3.63) is 23.8 Å². The van der Waals surface area contributed by atoms with Gasteiger partial charge in [0.2, 0.25) is 5.91 Å². The van der Waals surface area contributed by atoms with Gasteiger partial charge in [-0.25, -0.2) is 18.6 Å². The van der Waals surface area contributed by atoms with Gasteiger partial charge in [-0.3, -0.25) is 18.9 Å². The van der Waals surface area contributed by atoms with Gasteiger partial charge >= 0.3 is 12.5 Å². The molecule has 1 aromatic carbocycles. The third kappa shape index (κ3) is 5.91. The van der Waals surface area contributed by atoms with E-state index in [4.69, 9.17) is 4.74 Å². The maximum absolute atomic E-state index is 14.9. The molecule has 14 heteroatoms. The van der Waals surface area contributed by atoms with Crippen LogP contribution in [0.3, 0.4) is 0 Å². The summed E-state index contributed by atoms with van der Waals surface area (Å²) in [5.41, 5.74) is -0.542. The molecule has 0 aliphatic carbocycles. The van der Waals surface area contributed by atoms with Crippen molar-refractivity contribution in [3.8, 4) is 0 Å². The Morgan fingerprint density at radius 2 is 1.91 bits per heavy atom. The summed E-state index contributed by atoms with van der Waals surface area (Å²) in [4.78, 5) is 37.3.